The smallest absolute Gasteiger partial charge is 0.113 e. The van der Waals surface area contributed by atoms with Crippen LogP contribution in [0.25, 0.3) is 0 Å². The van der Waals surface area contributed by atoms with Crippen molar-refractivity contribution in [1.82, 2.24) is 0 Å². The maximum Gasteiger partial charge on any atom is 0.113 e. The van der Waals surface area contributed by atoms with Gasteiger partial charge in [-0.2, -0.15) is 0 Å². The number of hydrogen-bond donors (Lipinski definition) is 0. The second kappa shape index (κ2) is 5.64. The minimum atomic E-state index is -1.17. The minimum absolute atomic E-state index is 0.0399. The van der Waals surface area contributed by atoms with Crippen molar-refractivity contribution in [1.29, 1.82) is 0 Å². The second-order valence-corrected chi connectivity index (χ2v) is 7.90. The predicted molar refractivity (Wildman–Crippen MR) is 89.4 cm³/mol. The van der Waals surface area contributed by atoms with E-state index in [0.717, 1.165) is 15.4 Å². The Kier molecular flexibility index (Phi) is 3.96. The van der Waals surface area contributed by atoms with Gasteiger partial charge in [0, 0.05) is 15.4 Å². The van der Waals surface area contributed by atoms with Crippen molar-refractivity contribution >= 4 is 10.8 Å². The Balaban J connectivity index is 1.96. The zero-order valence-corrected chi connectivity index (χ0v) is 14.3. The lowest BCUT2D eigenvalue weighted by Gasteiger charge is -2.12. The fourth-order valence-electron chi connectivity index (χ4n) is 2.69. The van der Waals surface area contributed by atoms with E-state index >= 15 is 0 Å². The standard InChI is InChI=1S/C19H22O2S/c1-13(2)19(4)18(21-19)16-7-5-6-8-17(16)22(20)15-11-9-14(3)10-12-15/h5-13,18H,1-4H3/t18-,19-,22?/m0/s1. The van der Waals surface area contributed by atoms with E-state index in [1.807, 2.05) is 55.5 Å². The minimum Gasteiger partial charge on any atom is -0.361 e. The van der Waals surface area contributed by atoms with Crippen LogP contribution in [0.1, 0.15) is 38.0 Å². The Morgan fingerprint density at radius 1 is 1.09 bits per heavy atom. The highest BCUT2D eigenvalue weighted by Crippen LogP contribution is 2.55. The number of ether oxygens (including phenoxy) is 1. The predicted octanol–water partition coefficient (Wildman–Crippen LogP) is 4.65. The molecule has 0 saturated carbocycles. The van der Waals surface area contributed by atoms with Gasteiger partial charge in [0.25, 0.3) is 0 Å². The van der Waals surface area contributed by atoms with Crippen LogP contribution < -0.4 is 0 Å². The zero-order valence-electron chi connectivity index (χ0n) is 13.5. The average Bonchev–Trinajstić information content (AvgIpc) is 3.21. The van der Waals surface area contributed by atoms with Gasteiger partial charge in [-0.1, -0.05) is 49.7 Å². The topological polar surface area (TPSA) is 29.6 Å². The van der Waals surface area contributed by atoms with Crippen LogP contribution in [0.3, 0.4) is 0 Å². The van der Waals surface area contributed by atoms with Gasteiger partial charge >= 0.3 is 0 Å². The van der Waals surface area contributed by atoms with Crippen molar-refractivity contribution in [2.24, 2.45) is 5.92 Å². The summed E-state index contributed by atoms with van der Waals surface area (Å²) < 4.78 is 18.9. The van der Waals surface area contributed by atoms with E-state index in [9.17, 15) is 4.21 Å². The summed E-state index contributed by atoms with van der Waals surface area (Å²) >= 11 is 0. The molecule has 2 aromatic carbocycles. The molecule has 1 fully saturated rings. The lowest BCUT2D eigenvalue weighted by atomic mass is 9.91. The maximum absolute atomic E-state index is 12.9. The third kappa shape index (κ3) is 2.64. The van der Waals surface area contributed by atoms with Crippen LogP contribution in [0, 0.1) is 12.8 Å². The van der Waals surface area contributed by atoms with Crippen molar-refractivity contribution in [2.45, 2.75) is 49.2 Å². The monoisotopic (exact) mass is 314 g/mol. The molecule has 2 nitrogen and oxygen atoms in total. The number of hydrogen-bond acceptors (Lipinski definition) is 2. The highest BCUT2D eigenvalue weighted by atomic mass is 32.2. The number of rotatable bonds is 4. The van der Waals surface area contributed by atoms with Gasteiger partial charge in [-0.15, -0.1) is 0 Å². The Hall–Kier alpha value is -1.45. The third-order valence-corrected chi connectivity index (χ3v) is 6.09. The molecule has 3 rings (SSSR count). The molecule has 3 atom stereocenters. The van der Waals surface area contributed by atoms with Crippen molar-refractivity contribution in [3.63, 3.8) is 0 Å². The summed E-state index contributed by atoms with van der Waals surface area (Å²) in [4.78, 5) is 1.70. The van der Waals surface area contributed by atoms with Gasteiger partial charge in [-0.3, -0.25) is 0 Å². The molecule has 0 spiro atoms. The van der Waals surface area contributed by atoms with Gasteiger partial charge in [-0.05, 0) is 38.0 Å². The molecule has 2 aromatic rings. The zero-order chi connectivity index (χ0) is 15.9. The molecule has 0 aliphatic carbocycles. The first-order chi connectivity index (χ1) is 10.4. The van der Waals surface area contributed by atoms with Gasteiger partial charge in [0.2, 0.25) is 0 Å². The van der Waals surface area contributed by atoms with Crippen LogP contribution >= 0.6 is 0 Å². The number of epoxide rings is 1. The first kappa shape index (κ1) is 15.4. The lowest BCUT2D eigenvalue weighted by Crippen LogP contribution is -2.15. The van der Waals surface area contributed by atoms with Crippen LogP contribution in [0.15, 0.2) is 58.3 Å². The van der Waals surface area contributed by atoms with Gasteiger partial charge in [0.15, 0.2) is 0 Å². The third-order valence-electron chi connectivity index (χ3n) is 4.62. The lowest BCUT2D eigenvalue weighted by molar-refractivity contribution is 0.254. The van der Waals surface area contributed by atoms with E-state index in [2.05, 4.69) is 20.8 Å². The highest BCUT2D eigenvalue weighted by molar-refractivity contribution is 7.85. The summed E-state index contributed by atoms with van der Waals surface area (Å²) in [6, 6.07) is 15.8. The van der Waals surface area contributed by atoms with Crippen molar-refractivity contribution in [2.75, 3.05) is 0 Å². The van der Waals surface area contributed by atoms with Crippen molar-refractivity contribution in [3.05, 3.63) is 59.7 Å². The summed E-state index contributed by atoms with van der Waals surface area (Å²) in [5, 5.41) is 0. The van der Waals surface area contributed by atoms with Gasteiger partial charge < -0.3 is 4.74 Å². The van der Waals surface area contributed by atoms with E-state index in [1.54, 1.807) is 0 Å². The molecule has 0 amide bonds. The van der Waals surface area contributed by atoms with Gasteiger partial charge in [0.1, 0.15) is 6.10 Å². The summed E-state index contributed by atoms with van der Waals surface area (Å²) in [6.07, 6.45) is 0.0399. The highest BCUT2D eigenvalue weighted by Gasteiger charge is 2.56. The maximum atomic E-state index is 12.9. The molecule has 1 unspecified atom stereocenters. The van der Waals surface area contributed by atoms with Crippen LogP contribution in [-0.4, -0.2) is 9.81 Å². The molecule has 116 valence electrons. The molecule has 1 saturated heterocycles. The molecule has 22 heavy (non-hydrogen) atoms. The number of aryl methyl sites for hydroxylation is 1. The summed E-state index contributed by atoms with van der Waals surface area (Å²) in [6.45, 7) is 8.50. The first-order valence-electron chi connectivity index (χ1n) is 7.68. The van der Waals surface area contributed by atoms with E-state index < -0.39 is 10.8 Å². The van der Waals surface area contributed by atoms with Crippen LogP contribution in [0.5, 0.6) is 0 Å². The summed E-state index contributed by atoms with van der Waals surface area (Å²) in [5.74, 6) is 0.429. The van der Waals surface area contributed by atoms with Crippen molar-refractivity contribution < 1.29 is 8.95 Å². The molecule has 0 radical (unpaired) electrons. The Labute approximate surface area is 135 Å². The molecule has 1 aliphatic heterocycles. The Bertz CT molecular complexity index is 706. The molecule has 3 heteroatoms. The molecular formula is C19H22O2S. The summed E-state index contributed by atoms with van der Waals surface area (Å²) in [5.41, 5.74) is 2.08. The fraction of sp³-hybridized carbons (Fsp3) is 0.368. The molecule has 1 aliphatic rings. The largest absolute Gasteiger partial charge is 0.361 e. The van der Waals surface area contributed by atoms with Gasteiger partial charge in [-0.25, -0.2) is 4.21 Å². The average molecular weight is 314 g/mol. The van der Waals surface area contributed by atoms with Gasteiger partial charge in [0.05, 0.1) is 16.4 Å². The quantitative estimate of drug-likeness (QED) is 0.769. The van der Waals surface area contributed by atoms with Crippen LogP contribution in [-0.2, 0) is 15.5 Å². The van der Waals surface area contributed by atoms with Crippen molar-refractivity contribution in [3.8, 4) is 0 Å². The first-order valence-corrected chi connectivity index (χ1v) is 8.83. The Morgan fingerprint density at radius 2 is 1.73 bits per heavy atom. The SMILES string of the molecule is Cc1ccc(S(=O)c2ccccc2[C@@H]2O[C@@]2(C)C(C)C)cc1. The molecule has 0 aromatic heterocycles. The molecule has 0 N–H and O–H groups in total. The molecule has 1 heterocycles. The van der Waals surface area contributed by atoms with E-state index in [0.29, 0.717) is 5.92 Å². The van der Waals surface area contributed by atoms with E-state index in [4.69, 9.17) is 4.74 Å². The fourth-order valence-corrected chi connectivity index (χ4v) is 3.91. The second-order valence-electron chi connectivity index (χ2n) is 6.46. The normalized spacial score (nSPS) is 25.2. The Morgan fingerprint density at radius 3 is 2.32 bits per heavy atom. The number of benzene rings is 2. The van der Waals surface area contributed by atoms with E-state index in [-0.39, 0.29) is 11.7 Å². The molecular weight excluding hydrogens is 292 g/mol. The summed E-state index contributed by atoms with van der Waals surface area (Å²) in [7, 11) is -1.17. The van der Waals surface area contributed by atoms with E-state index in [1.165, 1.54) is 5.56 Å². The van der Waals surface area contributed by atoms with Crippen LogP contribution in [0.4, 0.5) is 0 Å². The molecule has 0 bridgehead atoms. The van der Waals surface area contributed by atoms with Crippen LogP contribution in [0.2, 0.25) is 0 Å².